The number of anilines is 2. The number of H-pyrrole nitrogens is 1. The van der Waals surface area contributed by atoms with Gasteiger partial charge in [0.25, 0.3) is 0 Å². The van der Waals surface area contributed by atoms with Crippen molar-refractivity contribution in [3.05, 3.63) is 5.82 Å². The number of hydrogen-bond acceptors (Lipinski definition) is 8. The molecule has 8 nitrogen and oxygen atoms in total. The van der Waals surface area contributed by atoms with Crippen molar-refractivity contribution in [1.29, 1.82) is 0 Å². The molecule has 3 rings (SSSR count). The zero-order valence-corrected chi connectivity index (χ0v) is 11.3. The highest BCUT2D eigenvalue weighted by Gasteiger charge is 2.17. The second-order valence-corrected chi connectivity index (χ2v) is 5.21. The molecule has 0 unspecified atom stereocenters. The third-order valence-electron chi connectivity index (χ3n) is 2.77. The van der Waals surface area contributed by atoms with Crippen molar-refractivity contribution in [2.24, 2.45) is 0 Å². The second kappa shape index (κ2) is 5.00. The van der Waals surface area contributed by atoms with Crippen molar-refractivity contribution in [1.82, 2.24) is 30.1 Å². The molecule has 0 aliphatic carbocycles. The summed E-state index contributed by atoms with van der Waals surface area (Å²) in [7, 11) is 0. The van der Waals surface area contributed by atoms with E-state index in [9.17, 15) is 0 Å². The summed E-state index contributed by atoms with van der Waals surface area (Å²) in [6, 6.07) is 0. The predicted octanol–water partition coefficient (Wildman–Crippen LogP) is 0.632. The molecule has 2 aromatic rings. The molecule has 0 spiro atoms. The van der Waals surface area contributed by atoms with Gasteiger partial charge in [0.2, 0.25) is 22.2 Å². The number of rotatable bonds is 3. The molecular formula is C10H14N8S. The van der Waals surface area contributed by atoms with Gasteiger partial charge >= 0.3 is 0 Å². The van der Waals surface area contributed by atoms with Gasteiger partial charge in [-0.2, -0.15) is 15.0 Å². The van der Waals surface area contributed by atoms with E-state index in [0.717, 1.165) is 31.8 Å². The van der Waals surface area contributed by atoms with Crippen LogP contribution in [0.5, 0.6) is 0 Å². The zero-order chi connectivity index (χ0) is 13.2. The first-order valence-corrected chi connectivity index (χ1v) is 6.86. The Bertz CT molecular complexity index is 577. The van der Waals surface area contributed by atoms with E-state index in [1.54, 1.807) is 0 Å². The van der Waals surface area contributed by atoms with Gasteiger partial charge in [0.1, 0.15) is 5.82 Å². The Labute approximate surface area is 114 Å². The Morgan fingerprint density at radius 2 is 1.89 bits per heavy atom. The van der Waals surface area contributed by atoms with Crippen LogP contribution in [0.3, 0.4) is 0 Å². The van der Waals surface area contributed by atoms with Crippen LogP contribution in [-0.2, 0) is 0 Å². The van der Waals surface area contributed by atoms with Gasteiger partial charge in [-0.15, -0.1) is 5.10 Å². The molecule has 0 atom stereocenters. The highest BCUT2D eigenvalue weighted by molar-refractivity contribution is 7.99. The molecule has 1 aliphatic rings. The summed E-state index contributed by atoms with van der Waals surface area (Å²) in [6.45, 7) is 3.77. The number of nitrogens with zero attached hydrogens (tertiary/aromatic N) is 6. The number of nitrogens with one attached hydrogen (secondary N) is 1. The summed E-state index contributed by atoms with van der Waals surface area (Å²) in [5.41, 5.74) is 5.74. The minimum Gasteiger partial charge on any atom is -0.368 e. The molecule has 0 saturated carbocycles. The van der Waals surface area contributed by atoms with Gasteiger partial charge in [-0.05, 0) is 31.5 Å². The van der Waals surface area contributed by atoms with Crippen molar-refractivity contribution >= 4 is 23.7 Å². The molecule has 9 heteroatoms. The smallest absolute Gasteiger partial charge is 0.231 e. The fraction of sp³-hybridized carbons (Fsp3) is 0.500. The predicted molar refractivity (Wildman–Crippen MR) is 70.9 cm³/mol. The quantitative estimate of drug-likeness (QED) is 0.841. The molecule has 19 heavy (non-hydrogen) atoms. The topological polar surface area (TPSA) is 110 Å². The van der Waals surface area contributed by atoms with Gasteiger partial charge in [-0.1, -0.05) is 0 Å². The highest BCUT2D eigenvalue weighted by atomic mass is 32.2. The van der Waals surface area contributed by atoms with Crippen LogP contribution >= 0.6 is 11.8 Å². The number of aryl methyl sites for hydroxylation is 1. The number of aromatic amines is 1. The SMILES string of the molecule is Cc1nc(Sc2nc(N)nc(N3CCCC3)n2)n[nH]1. The normalized spacial score (nSPS) is 15.1. The van der Waals surface area contributed by atoms with Crippen LogP contribution in [0.4, 0.5) is 11.9 Å². The van der Waals surface area contributed by atoms with Crippen LogP contribution in [0.2, 0.25) is 0 Å². The van der Waals surface area contributed by atoms with Crippen LogP contribution < -0.4 is 10.6 Å². The molecule has 0 amide bonds. The molecule has 0 radical (unpaired) electrons. The Kier molecular flexibility index (Phi) is 3.20. The van der Waals surface area contributed by atoms with Crippen molar-refractivity contribution in [2.45, 2.75) is 30.1 Å². The Hall–Kier alpha value is -1.90. The Balaban J connectivity index is 1.84. The lowest BCUT2D eigenvalue weighted by atomic mass is 10.4. The zero-order valence-electron chi connectivity index (χ0n) is 10.5. The van der Waals surface area contributed by atoms with Crippen LogP contribution in [0.1, 0.15) is 18.7 Å². The van der Waals surface area contributed by atoms with E-state index < -0.39 is 0 Å². The molecule has 2 aromatic heterocycles. The average Bonchev–Trinajstić information content (AvgIpc) is 3.00. The first kappa shape index (κ1) is 12.2. The third kappa shape index (κ3) is 2.75. The van der Waals surface area contributed by atoms with Gasteiger partial charge in [-0.25, -0.2) is 4.98 Å². The maximum atomic E-state index is 5.74. The van der Waals surface area contributed by atoms with Crippen LogP contribution in [0.25, 0.3) is 0 Å². The lowest BCUT2D eigenvalue weighted by Crippen LogP contribution is -2.21. The first-order valence-electron chi connectivity index (χ1n) is 6.04. The number of aromatic nitrogens is 6. The molecule has 1 fully saturated rings. The molecule has 1 saturated heterocycles. The Morgan fingerprint density at radius 3 is 2.58 bits per heavy atom. The van der Waals surface area contributed by atoms with Gasteiger partial charge in [0.15, 0.2) is 0 Å². The van der Waals surface area contributed by atoms with E-state index in [1.165, 1.54) is 11.8 Å². The minimum absolute atomic E-state index is 0.228. The lowest BCUT2D eigenvalue weighted by Gasteiger charge is -2.15. The average molecular weight is 278 g/mol. The van der Waals surface area contributed by atoms with Crippen LogP contribution in [0, 0.1) is 6.92 Å². The van der Waals surface area contributed by atoms with Gasteiger partial charge in [-0.3, -0.25) is 5.10 Å². The fourth-order valence-electron chi connectivity index (χ4n) is 1.91. The number of nitrogens with two attached hydrogens (primary N) is 1. The number of nitrogen functional groups attached to an aromatic ring is 1. The van der Waals surface area contributed by atoms with E-state index in [-0.39, 0.29) is 5.95 Å². The summed E-state index contributed by atoms with van der Waals surface area (Å²) >= 11 is 1.27. The van der Waals surface area contributed by atoms with E-state index >= 15 is 0 Å². The van der Waals surface area contributed by atoms with E-state index in [1.807, 2.05) is 6.92 Å². The van der Waals surface area contributed by atoms with E-state index in [0.29, 0.717) is 16.3 Å². The standard InChI is InChI=1S/C10H14N8S/c1-6-12-10(17-16-6)19-9-14-7(11)13-8(15-9)18-4-2-3-5-18/h2-5H2,1H3,(H,12,16,17)(H2,11,13,14,15). The van der Waals surface area contributed by atoms with Crippen LogP contribution in [-0.4, -0.2) is 43.2 Å². The van der Waals surface area contributed by atoms with Gasteiger partial charge in [0.05, 0.1) is 0 Å². The highest BCUT2D eigenvalue weighted by Crippen LogP contribution is 2.24. The minimum atomic E-state index is 0.228. The summed E-state index contributed by atoms with van der Waals surface area (Å²) in [5.74, 6) is 1.62. The molecular weight excluding hydrogens is 264 g/mol. The Morgan fingerprint density at radius 1 is 1.11 bits per heavy atom. The summed E-state index contributed by atoms with van der Waals surface area (Å²) in [5, 5.41) is 7.92. The van der Waals surface area contributed by atoms with Gasteiger partial charge in [0, 0.05) is 13.1 Å². The molecule has 1 aliphatic heterocycles. The van der Waals surface area contributed by atoms with Crippen molar-refractivity contribution in [3.63, 3.8) is 0 Å². The van der Waals surface area contributed by atoms with E-state index in [4.69, 9.17) is 5.73 Å². The summed E-state index contributed by atoms with van der Waals surface area (Å²) in [6.07, 6.45) is 2.32. The third-order valence-corrected chi connectivity index (χ3v) is 3.50. The monoisotopic (exact) mass is 278 g/mol. The lowest BCUT2D eigenvalue weighted by molar-refractivity contribution is 0.830. The molecule has 100 valence electrons. The van der Waals surface area contributed by atoms with Gasteiger partial charge < -0.3 is 10.6 Å². The van der Waals surface area contributed by atoms with Crippen molar-refractivity contribution in [3.8, 4) is 0 Å². The molecule has 0 aromatic carbocycles. The molecule has 0 bridgehead atoms. The first-order chi connectivity index (χ1) is 9.20. The van der Waals surface area contributed by atoms with Crippen molar-refractivity contribution < 1.29 is 0 Å². The molecule has 3 heterocycles. The summed E-state index contributed by atoms with van der Waals surface area (Å²) in [4.78, 5) is 19.0. The van der Waals surface area contributed by atoms with E-state index in [2.05, 4.69) is 35.0 Å². The second-order valence-electron chi connectivity index (χ2n) is 4.28. The maximum Gasteiger partial charge on any atom is 0.231 e. The summed E-state index contributed by atoms with van der Waals surface area (Å²) < 4.78 is 0. The maximum absolute atomic E-state index is 5.74. The number of hydrogen-bond donors (Lipinski definition) is 2. The van der Waals surface area contributed by atoms with Crippen molar-refractivity contribution in [2.75, 3.05) is 23.7 Å². The molecule has 3 N–H and O–H groups in total. The fourth-order valence-corrected chi connectivity index (χ4v) is 2.62. The largest absolute Gasteiger partial charge is 0.368 e. The van der Waals surface area contributed by atoms with Crippen LogP contribution in [0.15, 0.2) is 10.3 Å².